The number of ether oxygens (including phenoxy) is 1. The normalized spacial score (nSPS) is 17.7. The van der Waals surface area contributed by atoms with Gasteiger partial charge in [0.25, 0.3) is 0 Å². The largest absolute Gasteiger partial charge is 0.489 e. The number of likely N-dealkylation sites (tertiary alicyclic amines) is 1. The molecule has 1 aromatic heterocycles. The fourth-order valence-electron chi connectivity index (χ4n) is 3.09. The molecule has 1 aliphatic rings. The van der Waals surface area contributed by atoms with Crippen LogP contribution in [0, 0.1) is 4.77 Å². The van der Waals surface area contributed by atoms with Crippen molar-refractivity contribution in [3.8, 4) is 5.75 Å². The minimum Gasteiger partial charge on any atom is -0.489 e. The number of piperidine rings is 1. The predicted octanol–water partition coefficient (Wildman–Crippen LogP) is 3.75. The zero-order chi connectivity index (χ0) is 15.0. The van der Waals surface area contributed by atoms with Crippen LogP contribution in [0.4, 0.5) is 0 Å². The Bertz CT molecular complexity index is 680. The maximum atomic E-state index is 5.90. The predicted molar refractivity (Wildman–Crippen MR) is 88.7 cm³/mol. The third-order valence-electron chi connectivity index (χ3n) is 4.13. The first-order valence-corrected chi connectivity index (χ1v) is 8.05. The summed E-state index contributed by atoms with van der Waals surface area (Å²) >= 11 is 5.57. The van der Waals surface area contributed by atoms with E-state index in [2.05, 4.69) is 27.6 Å². The van der Waals surface area contributed by atoms with Gasteiger partial charge in [0.15, 0.2) is 4.77 Å². The summed E-state index contributed by atoms with van der Waals surface area (Å²) in [5, 5.41) is 0. The van der Waals surface area contributed by atoms with Crippen LogP contribution >= 0.6 is 12.2 Å². The van der Waals surface area contributed by atoms with Crippen molar-refractivity contribution in [2.45, 2.75) is 38.8 Å². The summed E-state index contributed by atoms with van der Waals surface area (Å²) < 4.78 is 8.99. The molecule has 2 aromatic rings. The molecule has 0 atom stereocenters. The molecule has 1 aliphatic heterocycles. The summed E-state index contributed by atoms with van der Waals surface area (Å²) in [6.45, 7) is 6.34. The van der Waals surface area contributed by atoms with Gasteiger partial charge >= 0.3 is 0 Å². The third kappa shape index (κ3) is 2.85. The van der Waals surface area contributed by atoms with Crippen molar-refractivity contribution >= 4 is 23.3 Å². The van der Waals surface area contributed by atoms with Crippen molar-refractivity contribution in [2.24, 2.45) is 0 Å². The lowest BCUT2D eigenvalue weighted by atomic mass is 10.1. The minimum absolute atomic E-state index is 0.157. The molecule has 0 spiro atoms. The Kier molecular flexibility index (Phi) is 4.04. The van der Waals surface area contributed by atoms with E-state index in [0.29, 0.717) is 6.04 Å². The van der Waals surface area contributed by atoms with E-state index < -0.39 is 0 Å². The molecule has 2 heterocycles. The van der Waals surface area contributed by atoms with Crippen LogP contribution in [0.15, 0.2) is 18.2 Å². The molecule has 1 aromatic carbocycles. The first-order valence-electron chi connectivity index (χ1n) is 7.64. The lowest BCUT2D eigenvalue weighted by molar-refractivity contribution is 0.223. The van der Waals surface area contributed by atoms with Crippen LogP contribution in [0.5, 0.6) is 5.75 Å². The highest BCUT2D eigenvalue weighted by Crippen LogP contribution is 2.31. The molecule has 0 unspecified atom stereocenters. The number of para-hydroxylation sites is 1. The zero-order valence-corrected chi connectivity index (χ0v) is 13.7. The Hall–Kier alpha value is -1.33. The van der Waals surface area contributed by atoms with E-state index >= 15 is 0 Å². The number of imidazole rings is 1. The van der Waals surface area contributed by atoms with E-state index in [1.54, 1.807) is 0 Å². The van der Waals surface area contributed by atoms with E-state index in [9.17, 15) is 0 Å². The standard InChI is InChI=1S/C16H23N3OS/c1-11(2)20-14-6-4-5-13-15(14)17-16(21)19(13)12-7-9-18(3)10-8-12/h4-6,11-12H,7-10H2,1-3H3,(H,17,21). The fraction of sp³-hybridized carbons (Fsp3) is 0.562. The first-order chi connectivity index (χ1) is 10.1. The smallest absolute Gasteiger partial charge is 0.178 e. The Morgan fingerprint density at radius 2 is 2.00 bits per heavy atom. The Morgan fingerprint density at radius 3 is 2.67 bits per heavy atom. The number of fused-ring (bicyclic) bond motifs is 1. The van der Waals surface area contributed by atoms with E-state index in [1.807, 2.05) is 26.0 Å². The summed E-state index contributed by atoms with van der Waals surface area (Å²) in [5.74, 6) is 0.889. The molecule has 0 radical (unpaired) electrons. The molecule has 1 saturated heterocycles. The second-order valence-corrected chi connectivity index (χ2v) is 6.54. The van der Waals surface area contributed by atoms with Gasteiger partial charge in [-0.1, -0.05) is 6.07 Å². The molecule has 4 nitrogen and oxygen atoms in total. The molecule has 1 N–H and O–H groups in total. The van der Waals surface area contributed by atoms with Crippen molar-refractivity contribution in [1.29, 1.82) is 0 Å². The van der Waals surface area contributed by atoms with Gasteiger partial charge in [0.1, 0.15) is 11.3 Å². The highest BCUT2D eigenvalue weighted by Gasteiger charge is 2.21. The van der Waals surface area contributed by atoms with Crippen LogP contribution in [-0.2, 0) is 0 Å². The third-order valence-corrected chi connectivity index (χ3v) is 4.43. The van der Waals surface area contributed by atoms with Crippen LogP contribution in [0.1, 0.15) is 32.7 Å². The highest BCUT2D eigenvalue weighted by atomic mass is 32.1. The number of hydrogen-bond acceptors (Lipinski definition) is 3. The number of rotatable bonds is 3. The second kappa shape index (κ2) is 5.81. The average molecular weight is 305 g/mol. The molecule has 5 heteroatoms. The molecular weight excluding hydrogens is 282 g/mol. The van der Waals surface area contributed by atoms with Crippen molar-refractivity contribution < 1.29 is 4.74 Å². The van der Waals surface area contributed by atoms with Gasteiger partial charge in [-0.2, -0.15) is 0 Å². The van der Waals surface area contributed by atoms with Crippen molar-refractivity contribution in [1.82, 2.24) is 14.5 Å². The Morgan fingerprint density at radius 1 is 1.29 bits per heavy atom. The summed E-state index contributed by atoms with van der Waals surface area (Å²) in [4.78, 5) is 5.73. The number of hydrogen-bond donors (Lipinski definition) is 1. The van der Waals surface area contributed by atoms with Crippen LogP contribution in [0.25, 0.3) is 11.0 Å². The molecule has 21 heavy (non-hydrogen) atoms. The van der Waals surface area contributed by atoms with E-state index in [4.69, 9.17) is 17.0 Å². The summed E-state index contributed by atoms with van der Waals surface area (Å²) in [6, 6.07) is 6.67. The van der Waals surface area contributed by atoms with Gasteiger partial charge in [-0.15, -0.1) is 0 Å². The molecule has 0 bridgehead atoms. The Labute approximate surface area is 130 Å². The average Bonchev–Trinajstić information content (AvgIpc) is 2.77. The lowest BCUT2D eigenvalue weighted by Crippen LogP contribution is -2.31. The summed E-state index contributed by atoms with van der Waals surface area (Å²) in [6.07, 6.45) is 2.45. The molecule has 3 rings (SSSR count). The van der Waals surface area contributed by atoms with Crippen molar-refractivity contribution in [3.63, 3.8) is 0 Å². The van der Waals surface area contributed by atoms with Gasteiger partial charge in [-0.05, 0) is 71.2 Å². The zero-order valence-electron chi connectivity index (χ0n) is 12.9. The number of H-pyrrole nitrogens is 1. The minimum atomic E-state index is 0.157. The number of nitrogens with zero attached hydrogens (tertiary/aromatic N) is 2. The maximum Gasteiger partial charge on any atom is 0.178 e. The van der Waals surface area contributed by atoms with E-state index in [-0.39, 0.29) is 6.10 Å². The molecular formula is C16H23N3OS. The number of aromatic nitrogens is 2. The second-order valence-electron chi connectivity index (χ2n) is 6.15. The fourth-order valence-corrected chi connectivity index (χ4v) is 3.44. The van der Waals surface area contributed by atoms with Crippen LogP contribution < -0.4 is 4.74 Å². The first kappa shape index (κ1) is 14.6. The van der Waals surface area contributed by atoms with Gasteiger partial charge in [0, 0.05) is 6.04 Å². The highest BCUT2D eigenvalue weighted by molar-refractivity contribution is 7.71. The molecule has 0 saturated carbocycles. The summed E-state index contributed by atoms with van der Waals surface area (Å²) in [5.41, 5.74) is 2.18. The van der Waals surface area contributed by atoms with E-state index in [0.717, 1.165) is 47.5 Å². The number of aromatic amines is 1. The number of nitrogens with one attached hydrogen (secondary N) is 1. The monoisotopic (exact) mass is 305 g/mol. The SMILES string of the molecule is CC(C)Oc1cccc2c1[nH]c(=S)n2C1CCN(C)CC1. The van der Waals surface area contributed by atoms with E-state index in [1.165, 1.54) is 0 Å². The van der Waals surface area contributed by atoms with Crippen molar-refractivity contribution in [3.05, 3.63) is 23.0 Å². The van der Waals surface area contributed by atoms with Gasteiger partial charge < -0.3 is 19.2 Å². The Balaban J connectivity index is 2.03. The number of benzene rings is 1. The lowest BCUT2D eigenvalue weighted by Gasteiger charge is -2.30. The molecule has 0 amide bonds. The molecule has 1 fully saturated rings. The van der Waals surface area contributed by atoms with Crippen LogP contribution in [-0.4, -0.2) is 40.7 Å². The quantitative estimate of drug-likeness (QED) is 0.877. The van der Waals surface area contributed by atoms with Gasteiger partial charge in [-0.25, -0.2) is 0 Å². The molecule has 0 aliphatic carbocycles. The van der Waals surface area contributed by atoms with Gasteiger partial charge in [-0.3, -0.25) is 0 Å². The topological polar surface area (TPSA) is 33.2 Å². The molecule has 114 valence electrons. The van der Waals surface area contributed by atoms with Crippen LogP contribution in [0.2, 0.25) is 0 Å². The summed E-state index contributed by atoms with van der Waals surface area (Å²) in [7, 11) is 2.18. The van der Waals surface area contributed by atoms with Gasteiger partial charge in [0.2, 0.25) is 0 Å². The maximum absolute atomic E-state index is 5.90. The van der Waals surface area contributed by atoms with Gasteiger partial charge in [0.05, 0.1) is 11.6 Å². The van der Waals surface area contributed by atoms with Crippen molar-refractivity contribution in [2.75, 3.05) is 20.1 Å². The van der Waals surface area contributed by atoms with Crippen LogP contribution in [0.3, 0.4) is 0 Å².